The zero-order chi connectivity index (χ0) is 14.2. The Morgan fingerprint density at radius 1 is 1.37 bits per heavy atom. The molecule has 0 fully saturated rings. The topological polar surface area (TPSA) is 63.3 Å². The summed E-state index contributed by atoms with van der Waals surface area (Å²) in [5.41, 5.74) is 0.398. The van der Waals surface area contributed by atoms with Crippen LogP contribution in [0.3, 0.4) is 0 Å². The lowest BCUT2D eigenvalue weighted by atomic mass is 10.1. The lowest BCUT2D eigenvalue weighted by Gasteiger charge is -2.01. The van der Waals surface area contributed by atoms with Crippen molar-refractivity contribution in [2.45, 2.75) is 20.3 Å². The highest BCUT2D eigenvalue weighted by atomic mass is 19.1. The number of carboxylic acids is 1. The minimum atomic E-state index is -1.27. The molecule has 0 saturated carbocycles. The Hall–Kier alpha value is -2.24. The van der Waals surface area contributed by atoms with Gasteiger partial charge in [0.15, 0.2) is 0 Å². The molecule has 2 rings (SSSR count). The van der Waals surface area contributed by atoms with E-state index >= 15 is 0 Å². The predicted octanol–water partition coefficient (Wildman–Crippen LogP) is 3.19. The maximum Gasteiger partial charge on any atom is 0.373 e. The molecule has 0 aliphatic carbocycles. The van der Waals surface area contributed by atoms with E-state index in [-0.39, 0.29) is 28.5 Å². The molecule has 6 heteroatoms. The van der Waals surface area contributed by atoms with E-state index in [2.05, 4.69) is 4.98 Å². The molecular formula is C13H11F2NO3. The molecule has 100 valence electrons. The number of aromatic nitrogens is 1. The van der Waals surface area contributed by atoms with Crippen LogP contribution >= 0.6 is 0 Å². The average Bonchev–Trinajstić information content (AvgIpc) is 2.77. The average molecular weight is 267 g/mol. The third kappa shape index (κ3) is 2.33. The van der Waals surface area contributed by atoms with Gasteiger partial charge in [-0.2, -0.15) is 0 Å². The molecule has 0 saturated heterocycles. The second-order valence-corrected chi connectivity index (χ2v) is 4.03. The van der Waals surface area contributed by atoms with Crippen molar-refractivity contribution in [1.82, 2.24) is 4.98 Å². The standard InChI is InChI=1S/C13H11F2NO3/c1-3-10-11(13(17)18)19-12(16-10)7-4-6(2)8(14)5-9(7)15/h4-5H,3H2,1-2H3,(H,17,18). The molecule has 0 amide bonds. The number of hydrogen-bond donors (Lipinski definition) is 1. The van der Waals surface area contributed by atoms with Gasteiger partial charge in [0.1, 0.15) is 11.6 Å². The van der Waals surface area contributed by atoms with Crippen molar-refractivity contribution in [3.8, 4) is 11.5 Å². The second kappa shape index (κ2) is 4.79. The number of aryl methyl sites for hydroxylation is 2. The molecule has 1 N–H and O–H groups in total. The Bertz CT molecular complexity index is 650. The Balaban J connectivity index is 2.59. The van der Waals surface area contributed by atoms with Gasteiger partial charge in [-0.05, 0) is 25.0 Å². The van der Waals surface area contributed by atoms with E-state index in [0.29, 0.717) is 6.42 Å². The van der Waals surface area contributed by atoms with Gasteiger partial charge in [0, 0.05) is 6.07 Å². The summed E-state index contributed by atoms with van der Waals surface area (Å²) in [6.45, 7) is 3.18. The molecule has 19 heavy (non-hydrogen) atoms. The van der Waals surface area contributed by atoms with E-state index < -0.39 is 17.6 Å². The maximum atomic E-state index is 13.7. The highest BCUT2D eigenvalue weighted by Gasteiger charge is 2.21. The van der Waals surface area contributed by atoms with Crippen LogP contribution in [-0.4, -0.2) is 16.1 Å². The summed E-state index contributed by atoms with van der Waals surface area (Å²) in [6, 6.07) is 1.96. The van der Waals surface area contributed by atoms with Crippen LogP contribution in [0.1, 0.15) is 28.7 Å². The molecule has 1 aromatic heterocycles. The normalized spacial score (nSPS) is 10.7. The van der Waals surface area contributed by atoms with Crippen molar-refractivity contribution < 1.29 is 23.1 Å². The summed E-state index contributed by atoms with van der Waals surface area (Å²) < 4.78 is 31.9. The van der Waals surface area contributed by atoms with Crippen LogP contribution in [0, 0.1) is 18.6 Å². The summed E-state index contributed by atoms with van der Waals surface area (Å²) in [5.74, 6) is -3.27. The van der Waals surface area contributed by atoms with Crippen molar-refractivity contribution in [2.75, 3.05) is 0 Å². The van der Waals surface area contributed by atoms with E-state index in [0.717, 1.165) is 6.07 Å². The Morgan fingerprint density at radius 2 is 2.05 bits per heavy atom. The van der Waals surface area contributed by atoms with Gasteiger partial charge in [0.05, 0.1) is 11.3 Å². The minimum absolute atomic E-state index is 0.0545. The number of nitrogens with zero attached hydrogens (tertiary/aromatic N) is 1. The van der Waals surface area contributed by atoms with Crippen molar-refractivity contribution >= 4 is 5.97 Å². The highest BCUT2D eigenvalue weighted by molar-refractivity contribution is 5.86. The largest absolute Gasteiger partial charge is 0.475 e. The quantitative estimate of drug-likeness (QED) is 0.927. The first kappa shape index (κ1) is 13.2. The van der Waals surface area contributed by atoms with E-state index in [1.165, 1.54) is 13.0 Å². The van der Waals surface area contributed by atoms with Crippen LogP contribution in [0.15, 0.2) is 16.5 Å². The Morgan fingerprint density at radius 3 is 2.58 bits per heavy atom. The second-order valence-electron chi connectivity index (χ2n) is 4.03. The van der Waals surface area contributed by atoms with Gasteiger partial charge in [-0.1, -0.05) is 6.92 Å². The number of hydrogen-bond acceptors (Lipinski definition) is 3. The van der Waals surface area contributed by atoms with Gasteiger partial charge >= 0.3 is 5.97 Å². The lowest BCUT2D eigenvalue weighted by molar-refractivity contribution is 0.0661. The fourth-order valence-corrected chi connectivity index (χ4v) is 1.69. The summed E-state index contributed by atoms with van der Waals surface area (Å²) in [5, 5.41) is 8.94. The zero-order valence-electron chi connectivity index (χ0n) is 10.3. The first-order valence-electron chi connectivity index (χ1n) is 5.63. The fraction of sp³-hybridized carbons (Fsp3) is 0.231. The van der Waals surface area contributed by atoms with E-state index in [4.69, 9.17) is 9.52 Å². The minimum Gasteiger partial charge on any atom is -0.475 e. The maximum absolute atomic E-state index is 13.7. The molecular weight excluding hydrogens is 256 g/mol. The summed E-state index contributed by atoms with van der Waals surface area (Å²) in [6.07, 6.45) is 0.340. The third-order valence-electron chi connectivity index (χ3n) is 2.71. The monoisotopic (exact) mass is 267 g/mol. The molecule has 2 aromatic rings. The predicted molar refractivity (Wildman–Crippen MR) is 62.9 cm³/mol. The molecule has 4 nitrogen and oxygen atoms in total. The van der Waals surface area contributed by atoms with Gasteiger partial charge in [0.25, 0.3) is 0 Å². The van der Waals surface area contributed by atoms with Gasteiger partial charge in [-0.25, -0.2) is 18.6 Å². The highest BCUT2D eigenvalue weighted by Crippen LogP contribution is 2.27. The molecule has 1 heterocycles. The zero-order valence-corrected chi connectivity index (χ0v) is 10.3. The SMILES string of the molecule is CCc1nc(-c2cc(C)c(F)cc2F)oc1C(=O)O. The first-order chi connectivity index (χ1) is 8.93. The smallest absolute Gasteiger partial charge is 0.373 e. The number of aromatic carboxylic acids is 1. The summed E-state index contributed by atoms with van der Waals surface area (Å²) in [4.78, 5) is 14.9. The van der Waals surface area contributed by atoms with Crippen LogP contribution in [-0.2, 0) is 6.42 Å². The van der Waals surface area contributed by atoms with Crippen molar-refractivity contribution in [3.05, 3.63) is 40.8 Å². The van der Waals surface area contributed by atoms with Gasteiger partial charge in [-0.15, -0.1) is 0 Å². The van der Waals surface area contributed by atoms with E-state index in [9.17, 15) is 13.6 Å². The fourth-order valence-electron chi connectivity index (χ4n) is 1.69. The molecule has 0 bridgehead atoms. The molecule has 0 unspecified atom stereocenters. The van der Waals surface area contributed by atoms with Crippen LogP contribution in [0.2, 0.25) is 0 Å². The molecule has 0 aliphatic rings. The summed E-state index contributed by atoms with van der Waals surface area (Å²) in [7, 11) is 0. The van der Waals surface area contributed by atoms with E-state index in [1.807, 2.05) is 0 Å². The number of rotatable bonds is 3. The molecule has 0 spiro atoms. The van der Waals surface area contributed by atoms with Gasteiger partial charge in [-0.3, -0.25) is 0 Å². The van der Waals surface area contributed by atoms with Crippen molar-refractivity contribution in [3.63, 3.8) is 0 Å². The lowest BCUT2D eigenvalue weighted by Crippen LogP contribution is -1.98. The first-order valence-corrected chi connectivity index (χ1v) is 5.63. The number of benzene rings is 1. The van der Waals surface area contributed by atoms with Crippen LogP contribution in [0.25, 0.3) is 11.5 Å². The summed E-state index contributed by atoms with van der Waals surface area (Å²) >= 11 is 0. The Labute approximate surface area is 107 Å². The number of carboxylic acid groups (broad SMARTS) is 1. The van der Waals surface area contributed by atoms with Crippen molar-refractivity contribution in [1.29, 1.82) is 0 Å². The Kier molecular flexibility index (Phi) is 3.33. The third-order valence-corrected chi connectivity index (χ3v) is 2.71. The number of carbonyl (C=O) groups is 1. The van der Waals surface area contributed by atoms with Crippen LogP contribution < -0.4 is 0 Å². The number of oxazole rings is 1. The van der Waals surface area contributed by atoms with Crippen LogP contribution in [0.4, 0.5) is 8.78 Å². The van der Waals surface area contributed by atoms with Gasteiger partial charge in [0.2, 0.25) is 11.7 Å². The molecule has 0 aliphatic heterocycles. The molecule has 0 radical (unpaired) electrons. The van der Waals surface area contributed by atoms with Gasteiger partial charge < -0.3 is 9.52 Å². The molecule has 1 aromatic carbocycles. The van der Waals surface area contributed by atoms with E-state index in [1.54, 1.807) is 6.92 Å². The van der Waals surface area contributed by atoms with Crippen LogP contribution in [0.5, 0.6) is 0 Å². The van der Waals surface area contributed by atoms with Crippen molar-refractivity contribution in [2.24, 2.45) is 0 Å². The number of halogens is 2. The molecule has 0 atom stereocenters.